The number of benzene rings is 1. The SMILES string of the molecule is CCC1(CC)CNCCN1c1nn(C2CC3(C2)CN(C(=O)OC(C)(C)C)C3)c(C)c1-c1c(Cl)c(C)cc2c1cnn2C1CCCCO1. The minimum absolute atomic E-state index is 0.0448. The summed E-state index contributed by atoms with van der Waals surface area (Å²) in [5.41, 5.74) is 4.98. The van der Waals surface area contributed by atoms with Crippen LogP contribution < -0.4 is 10.2 Å². The number of fused-ring (bicyclic) bond motifs is 1. The maximum atomic E-state index is 12.7. The van der Waals surface area contributed by atoms with Gasteiger partial charge in [0.2, 0.25) is 0 Å². The number of hydrogen-bond acceptors (Lipinski definition) is 7. The second-order valence-electron chi connectivity index (χ2n) is 15.6. The van der Waals surface area contributed by atoms with Crippen molar-refractivity contribution in [2.24, 2.45) is 5.41 Å². The van der Waals surface area contributed by atoms with Crippen molar-refractivity contribution >= 4 is 34.4 Å². The van der Waals surface area contributed by atoms with Crippen LogP contribution in [0.4, 0.5) is 10.6 Å². The fraction of sp³-hybridized carbons (Fsp3) is 0.694. The molecular weight excluding hydrogens is 614 g/mol. The van der Waals surface area contributed by atoms with Crippen molar-refractivity contribution in [2.45, 2.75) is 117 Å². The Kier molecular flexibility index (Phi) is 8.32. The standard InChI is InChI=1S/C36H52ClN7O3/c1-8-36(9-2)20-38-13-14-42(36)32-29(30-26-19-39-44(28-12-10-11-15-46-28)27(26)16-23(3)31(30)37)24(4)43(40-32)25-17-35(18-25)21-41(22-35)33(45)47-34(5,6)7/h16,19,25,28,38H,8-15,17-18,20-22H2,1-7H3. The van der Waals surface area contributed by atoms with Gasteiger partial charge in [0.15, 0.2) is 12.0 Å². The van der Waals surface area contributed by atoms with Gasteiger partial charge in [0.05, 0.1) is 28.3 Å². The average molecular weight is 666 g/mol. The summed E-state index contributed by atoms with van der Waals surface area (Å²) in [4.78, 5) is 17.1. The van der Waals surface area contributed by atoms with E-state index >= 15 is 0 Å². The lowest BCUT2D eigenvalue weighted by molar-refractivity contribution is -0.0930. The first kappa shape index (κ1) is 32.7. The molecule has 1 amide bonds. The zero-order valence-electron chi connectivity index (χ0n) is 29.3. The Bertz CT molecular complexity index is 1650. The number of carbonyl (C=O) groups is 1. The number of rotatable bonds is 6. The van der Waals surface area contributed by atoms with Gasteiger partial charge in [0.1, 0.15) is 5.60 Å². The van der Waals surface area contributed by atoms with E-state index in [2.05, 4.69) is 53.3 Å². The normalized spacial score (nSPS) is 22.9. The quantitative estimate of drug-likeness (QED) is 0.293. The van der Waals surface area contributed by atoms with E-state index in [4.69, 9.17) is 31.3 Å². The molecule has 4 aliphatic rings. The molecule has 1 spiro atoms. The van der Waals surface area contributed by atoms with Crippen LogP contribution in [0, 0.1) is 19.3 Å². The van der Waals surface area contributed by atoms with Gasteiger partial charge in [-0.15, -0.1) is 0 Å². The lowest BCUT2D eigenvalue weighted by Crippen LogP contribution is -2.64. The number of aromatic nitrogens is 4. The molecule has 11 heteroatoms. The molecule has 47 heavy (non-hydrogen) atoms. The Labute approximate surface area is 284 Å². The van der Waals surface area contributed by atoms with E-state index in [0.717, 1.165) is 128 Å². The summed E-state index contributed by atoms with van der Waals surface area (Å²) in [5.74, 6) is 1.02. The van der Waals surface area contributed by atoms with Gasteiger partial charge >= 0.3 is 6.09 Å². The molecule has 0 radical (unpaired) electrons. The Hall–Kier alpha value is -2.82. The number of halogens is 1. The van der Waals surface area contributed by atoms with Gasteiger partial charge in [-0.25, -0.2) is 9.48 Å². The third-order valence-electron chi connectivity index (χ3n) is 11.3. The molecular formula is C36H52ClN7O3. The molecule has 1 atom stereocenters. The van der Waals surface area contributed by atoms with Crippen LogP contribution in [0.2, 0.25) is 5.02 Å². The van der Waals surface area contributed by atoms with E-state index in [1.165, 1.54) is 0 Å². The molecule has 1 saturated carbocycles. The first-order chi connectivity index (χ1) is 22.4. The van der Waals surface area contributed by atoms with E-state index in [1.54, 1.807) is 0 Å². The van der Waals surface area contributed by atoms with Crippen LogP contribution in [-0.2, 0) is 9.47 Å². The molecule has 7 rings (SSSR count). The van der Waals surface area contributed by atoms with Gasteiger partial charge in [-0.1, -0.05) is 25.4 Å². The second kappa shape index (κ2) is 11.9. The number of anilines is 1. The Morgan fingerprint density at radius 2 is 1.87 bits per heavy atom. The molecule has 256 valence electrons. The molecule has 1 unspecified atom stereocenters. The smallest absolute Gasteiger partial charge is 0.410 e. The van der Waals surface area contributed by atoms with E-state index < -0.39 is 5.60 Å². The number of piperazine rings is 1. The van der Waals surface area contributed by atoms with Crippen molar-refractivity contribution < 1.29 is 14.3 Å². The van der Waals surface area contributed by atoms with Gasteiger partial charge in [0.25, 0.3) is 0 Å². The number of hydrogen-bond donors (Lipinski definition) is 1. The van der Waals surface area contributed by atoms with Crippen molar-refractivity contribution in [3.05, 3.63) is 28.5 Å². The van der Waals surface area contributed by atoms with Crippen molar-refractivity contribution in [2.75, 3.05) is 44.2 Å². The van der Waals surface area contributed by atoms with Crippen molar-refractivity contribution in [3.63, 3.8) is 0 Å². The molecule has 1 aromatic carbocycles. The van der Waals surface area contributed by atoms with Crippen LogP contribution >= 0.6 is 11.6 Å². The van der Waals surface area contributed by atoms with Gasteiger partial charge in [0, 0.05) is 67.0 Å². The summed E-state index contributed by atoms with van der Waals surface area (Å²) in [5, 5.41) is 15.9. The largest absolute Gasteiger partial charge is 0.444 e. The zero-order valence-corrected chi connectivity index (χ0v) is 30.0. The third kappa shape index (κ3) is 5.52. The van der Waals surface area contributed by atoms with Gasteiger partial charge in [-0.3, -0.25) is 4.68 Å². The van der Waals surface area contributed by atoms with E-state index in [9.17, 15) is 4.79 Å². The first-order valence-electron chi connectivity index (χ1n) is 17.7. The van der Waals surface area contributed by atoms with Crippen molar-refractivity contribution in [1.82, 2.24) is 29.8 Å². The summed E-state index contributed by atoms with van der Waals surface area (Å²) < 4.78 is 16.2. The second-order valence-corrected chi connectivity index (χ2v) is 16.0. The number of nitrogens with one attached hydrogen (secondary N) is 1. The summed E-state index contributed by atoms with van der Waals surface area (Å²) in [6.07, 6.45) is 8.93. The first-order valence-corrected chi connectivity index (χ1v) is 18.1. The highest BCUT2D eigenvalue weighted by atomic mass is 35.5. The molecule has 1 aliphatic carbocycles. The maximum Gasteiger partial charge on any atom is 0.410 e. The topological polar surface area (TPSA) is 89.7 Å². The van der Waals surface area contributed by atoms with Crippen LogP contribution in [0.25, 0.3) is 22.0 Å². The number of aryl methyl sites for hydroxylation is 1. The number of ether oxygens (including phenoxy) is 2. The average Bonchev–Trinajstić information content (AvgIpc) is 3.56. The molecule has 3 aliphatic heterocycles. The minimum Gasteiger partial charge on any atom is -0.444 e. The number of nitrogens with zero attached hydrogens (tertiary/aromatic N) is 6. The number of carbonyl (C=O) groups excluding carboxylic acids is 1. The molecule has 2 aromatic heterocycles. The fourth-order valence-corrected chi connectivity index (χ4v) is 8.92. The number of likely N-dealkylation sites (tertiary alicyclic amines) is 1. The highest BCUT2D eigenvalue weighted by molar-refractivity contribution is 6.36. The highest BCUT2D eigenvalue weighted by Gasteiger charge is 2.56. The van der Waals surface area contributed by atoms with Crippen LogP contribution in [0.1, 0.15) is 103 Å². The molecule has 3 saturated heterocycles. The highest BCUT2D eigenvalue weighted by Crippen LogP contribution is 2.56. The van der Waals surface area contributed by atoms with Crippen molar-refractivity contribution in [3.8, 4) is 11.1 Å². The van der Waals surface area contributed by atoms with E-state index in [-0.39, 0.29) is 29.3 Å². The van der Waals surface area contributed by atoms with Crippen molar-refractivity contribution in [1.29, 1.82) is 0 Å². The predicted octanol–water partition coefficient (Wildman–Crippen LogP) is 7.41. The zero-order chi connectivity index (χ0) is 33.3. The minimum atomic E-state index is -0.487. The maximum absolute atomic E-state index is 12.7. The molecule has 0 bridgehead atoms. The van der Waals surface area contributed by atoms with E-state index in [0.29, 0.717) is 0 Å². The van der Waals surface area contributed by atoms with Crippen LogP contribution in [0.3, 0.4) is 0 Å². The summed E-state index contributed by atoms with van der Waals surface area (Å²) in [6.45, 7) is 19.6. The van der Waals surface area contributed by atoms with Crippen LogP contribution in [-0.4, -0.2) is 81.0 Å². The Morgan fingerprint density at radius 1 is 1.13 bits per heavy atom. The van der Waals surface area contributed by atoms with Gasteiger partial charge in [-0.2, -0.15) is 10.2 Å². The predicted molar refractivity (Wildman–Crippen MR) is 186 cm³/mol. The third-order valence-corrected chi connectivity index (χ3v) is 11.8. The summed E-state index contributed by atoms with van der Waals surface area (Å²) in [7, 11) is 0. The summed E-state index contributed by atoms with van der Waals surface area (Å²) in [6, 6.07) is 2.43. The van der Waals surface area contributed by atoms with Gasteiger partial charge in [-0.05, 0) is 91.2 Å². The lowest BCUT2D eigenvalue weighted by Gasteiger charge is -2.58. The molecule has 4 fully saturated rings. The molecule has 10 nitrogen and oxygen atoms in total. The Balaban J connectivity index is 1.29. The monoisotopic (exact) mass is 665 g/mol. The molecule has 3 aromatic rings. The molecule has 1 N–H and O–H groups in total. The Morgan fingerprint density at radius 3 is 2.53 bits per heavy atom. The number of amides is 1. The van der Waals surface area contributed by atoms with Crippen LogP contribution in [0.5, 0.6) is 0 Å². The lowest BCUT2D eigenvalue weighted by atomic mass is 9.61. The fourth-order valence-electron chi connectivity index (χ4n) is 8.67. The van der Waals surface area contributed by atoms with E-state index in [1.807, 2.05) is 31.9 Å². The summed E-state index contributed by atoms with van der Waals surface area (Å²) >= 11 is 7.34. The van der Waals surface area contributed by atoms with Gasteiger partial charge < -0.3 is 24.6 Å². The van der Waals surface area contributed by atoms with Crippen LogP contribution in [0.15, 0.2) is 12.3 Å². The molecule has 5 heterocycles.